The molecule has 1 atom stereocenters. The van der Waals surface area contributed by atoms with Crippen LogP contribution < -0.4 is 10.6 Å². The molecule has 0 bridgehead atoms. The molecule has 0 aliphatic heterocycles. The highest BCUT2D eigenvalue weighted by Crippen LogP contribution is 2.30. The predicted molar refractivity (Wildman–Crippen MR) is 87.9 cm³/mol. The fourth-order valence-corrected chi connectivity index (χ4v) is 2.07. The van der Waals surface area contributed by atoms with Crippen molar-refractivity contribution in [2.45, 2.75) is 53.0 Å². The Balaban J connectivity index is 3.02. The van der Waals surface area contributed by atoms with Crippen LogP contribution in [0.4, 0.5) is 5.69 Å². The van der Waals surface area contributed by atoms with E-state index in [9.17, 15) is 14.7 Å². The number of phenolic OH excluding ortho intramolecular Hbond substituents is 1. The molecular weight excluding hydrogens is 280 g/mol. The number of nitrogens with one attached hydrogen (secondary N) is 2. The van der Waals surface area contributed by atoms with Gasteiger partial charge >= 0.3 is 0 Å². The van der Waals surface area contributed by atoms with Gasteiger partial charge in [0.15, 0.2) is 0 Å². The van der Waals surface area contributed by atoms with Crippen LogP contribution in [0.2, 0.25) is 0 Å². The average Bonchev–Trinajstić information content (AvgIpc) is 2.36. The number of hydrogen-bond acceptors (Lipinski definition) is 3. The van der Waals surface area contributed by atoms with Gasteiger partial charge in [0.05, 0.1) is 5.69 Å². The third kappa shape index (κ3) is 4.76. The first-order chi connectivity index (χ1) is 10.0. The van der Waals surface area contributed by atoms with Crippen molar-refractivity contribution < 1.29 is 14.7 Å². The lowest BCUT2D eigenvalue weighted by Gasteiger charge is -2.23. The van der Waals surface area contributed by atoms with Gasteiger partial charge in [-0.05, 0) is 29.0 Å². The van der Waals surface area contributed by atoms with Crippen molar-refractivity contribution >= 4 is 17.5 Å². The number of carbonyl (C=O) groups is 2. The number of rotatable bonds is 4. The first-order valence-electron chi connectivity index (χ1n) is 7.44. The van der Waals surface area contributed by atoms with Crippen LogP contribution >= 0.6 is 0 Å². The molecule has 5 heteroatoms. The summed E-state index contributed by atoms with van der Waals surface area (Å²) in [6.07, 6.45) is 0. The molecule has 22 heavy (non-hydrogen) atoms. The molecule has 0 aliphatic rings. The maximum absolute atomic E-state index is 12.4. The standard InChI is InChI=1S/C17H26N2O3/c1-10(2)15(18-11(3)20)16(22)19-13-9-12(17(4,5)6)7-8-14(13)21/h7-10,15,21H,1-6H3,(H,18,20)(H,19,22)/t15-/m0/s1. The average molecular weight is 306 g/mol. The molecule has 1 rings (SSSR count). The lowest BCUT2D eigenvalue weighted by molar-refractivity contribution is -0.126. The first kappa shape index (κ1) is 18.0. The van der Waals surface area contributed by atoms with E-state index in [-0.39, 0.29) is 28.9 Å². The first-order valence-corrected chi connectivity index (χ1v) is 7.44. The second-order valence-corrected chi connectivity index (χ2v) is 6.89. The normalized spacial score (nSPS) is 12.9. The van der Waals surface area contributed by atoms with Crippen LogP contribution in [0.3, 0.4) is 0 Å². The van der Waals surface area contributed by atoms with Gasteiger partial charge in [0.2, 0.25) is 11.8 Å². The van der Waals surface area contributed by atoms with Gasteiger partial charge < -0.3 is 15.7 Å². The van der Waals surface area contributed by atoms with Gasteiger partial charge in [0.1, 0.15) is 11.8 Å². The van der Waals surface area contributed by atoms with E-state index in [1.54, 1.807) is 12.1 Å². The van der Waals surface area contributed by atoms with Crippen LogP contribution in [0.5, 0.6) is 5.75 Å². The molecule has 2 amide bonds. The number of amides is 2. The summed E-state index contributed by atoms with van der Waals surface area (Å²) in [4.78, 5) is 23.6. The lowest BCUT2D eigenvalue weighted by Crippen LogP contribution is -2.46. The summed E-state index contributed by atoms with van der Waals surface area (Å²) in [6, 6.07) is 4.52. The summed E-state index contributed by atoms with van der Waals surface area (Å²) in [6.45, 7) is 11.2. The number of phenols is 1. The summed E-state index contributed by atoms with van der Waals surface area (Å²) in [5, 5.41) is 15.3. The highest BCUT2D eigenvalue weighted by atomic mass is 16.3. The van der Waals surface area contributed by atoms with Crippen molar-refractivity contribution in [3.05, 3.63) is 23.8 Å². The Labute approximate surface area is 132 Å². The van der Waals surface area contributed by atoms with Gasteiger partial charge in [-0.1, -0.05) is 40.7 Å². The molecule has 1 aromatic rings. The number of benzene rings is 1. The third-order valence-corrected chi connectivity index (χ3v) is 3.43. The van der Waals surface area contributed by atoms with Gasteiger partial charge in [0.25, 0.3) is 0 Å². The summed E-state index contributed by atoms with van der Waals surface area (Å²) < 4.78 is 0. The van der Waals surface area contributed by atoms with Crippen molar-refractivity contribution in [2.24, 2.45) is 5.92 Å². The van der Waals surface area contributed by atoms with Crippen molar-refractivity contribution in [3.8, 4) is 5.75 Å². The Morgan fingerprint density at radius 2 is 1.77 bits per heavy atom. The molecular formula is C17H26N2O3. The van der Waals surface area contributed by atoms with Crippen LogP contribution in [-0.2, 0) is 15.0 Å². The smallest absolute Gasteiger partial charge is 0.247 e. The van der Waals surface area contributed by atoms with Crippen LogP contribution in [0.1, 0.15) is 47.1 Å². The maximum atomic E-state index is 12.4. The summed E-state index contributed by atoms with van der Waals surface area (Å²) in [5.74, 6) is -0.656. The maximum Gasteiger partial charge on any atom is 0.247 e. The molecule has 0 fully saturated rings. The predicted octanol–water partition coefficient (Wildman–Crippen LogP) is 2.79. The fraction of sp³-hybridized carbons (Fsp3) is 0.529. The summed E-state index contributed by atoms with van der Waals surface area (Å²) in [7, 11) is 0. The second-order valence-electron chi connectivity index (χ2n) is 6.89. The van der Waals surface area contributed by atoms with E-state index in [1.807, 2.05) is 19.9 Å². The van der Waals surface area contributed by atoms with E-state index in [2.05, 4.69) is 31.4 Å². The minimum absolute atomic E-state index is 0.00619. The topological polar surface area (TPSA) is 78.4 Å². The highest BCUT2D eigenvalue weighted by molar-refractivity contribution is 5.98. The number of aromatic hydroxyl groups is 1. The van der Waals surface area contributed by atoms with Crippen LogP contribution in [0.25, 0.3) is 0 Å². The zero-order valence-electron chi connectivity index (χ0n) is 14.2. The van der Waals surface area contributed by atoms with Gasteiger partial charge in [-0.15, -0.1) is 0 Å². The Morgan fingerprint density at radius 1 is 1.18 bits per heavy atom. The lowest BCUT2D eigenvalue weighted by atomic mass is 9.87. The molecule has 0 spiro atoms. The monoisotopic (exact) mass is 306 g/mol. The molecule has 0 heterocycles. The van der Waals surface area contributed by atoms with E-state index in [4.69, 9.17) is 0 Å². The highest BCUT2D eigenvalue weighted by Gasteiger charge is 2.24. The second kappa shape index (κ2) is 6.81. The van der Waals surface area contributed by atoms with Crippen LogP contribution in [0.15, 0.2) is 18.2 Å². The van der Waals surface area contributed by atoms with Gasteiger partial charge in [-0.2, -0.15) is 0 Å². The Kier molecular flexibility index (Phi) is 5.58. The molecule has 0 aliphatic carbocycles. The Morgan fingerprint density at radius 3 is 2.23 bits per heavy atom. The fourth-order valence-electron chi connectivity index (χ4n) is 2.07. The van der Waals surface area contributed by atoms with E-state index < -0.39 is 6.04 Å². The van der Waals surface area contributed by atoms with Gasteiger partial charge in [-0.25, -0.2) is 0 Å². The minimum atomic E-state index is -0.643. The molecule has 122 valence electrons. The number of hydrogen-bond donors (Lipinski definition) is 3. The molecule has 0 saturated carbocycles. The van der Waals surface area contributed by atoms with E-state index in [0.29, 0.717) is 5.69 Å². The van der Waals surface area contributed by atoms with Crippen LogP contribution in [0, 0.1) is 5.92 Å². The minimum Gasteiger partial charge on any atom is -0.506 e. The van der Waals surface area contributed by atoms with Crippen LogP contribution in [-0.4, -0.2) is 23.0 Å². The van der Waals surface area contributed by atoms with Gasteiger partial charge in [-0.3, -0.25) is 9.59 Å². The molecule has 0 saturated heterocycles. The largest absolute Gasteiger partial charge is 0.506 e. The zero-order valence-corrected chi connectivity index (χ0v) is 14.2. The molecule has 1 aromatic carbocycles. The van der Waals surface area contributed by atoms with E-state index in [1.165, 1.54) is 6.92 Å². The molecule has 0 unspecified atom stereocenters. The number of carbonyl (C=O) groups excluding carboxylic acids is 2. The van der Waals surface area contributed by atoms with Gasteiger partial charge in [0, 0.05) is 6.92 Å². The Bertz CT molecular complexity index is 560. The number of anilines is 1. The quantitative estimate of drug-likeness (QED) is 0.748. The van der Waals surface area contributed by atoms with E-state index in [0.717, 1.165) is 5.56 Å². The summed E-state index contributed by atoms with van der Waals surface area (Å²) in [5.41, 5.74) is 1.26. The molecule has 5 nitrogen and oxygen atoms in total. The van der Waals surface area contributed by atoms with Crippen molar-refractivity contribution in [1.82, 2.24) is 5.32 Å². The molecule has 0 radical (unpaired) electrons. The SMILES string of the molecule is CC(=O)N[C@H](C(=O)Nc1cc(C(C)(C)C)ccc1O)C(C)C. The van der Waals surface area contributed by atoms with Crippen molar-refractivity contribution in [2.75, 3.05) is 5.32 Å². The summed E-state index contributed by atoms with van der Waals surface area (Å²) >= 11 is 0. The molecule has 0 aromatic heterocycles. The van der Waals surface area contributed by atoms with E-state index >= 15 is 0 Å². The molecule has 3 N–H and O–H groups in total. The zero-order chi connectivity index (χ0) is 17.1. The third-order valence-electron chi connectivity index (χ3n) is 3.43. The Hall–Kier alpha value is -2.04. The van der Waals surface area contributed by atoms with Crippen molar-refractivity contribution in [1.29, 1.82) is 0 Å². The van der Waals surface area contributed by atoms with Crippen molar-refractivity contribution in [3.63, 3.8) is 0 Å².